The van der Waals surface area contributed by atoms with Crippen molar-refractivity contribution in [3.63, 3.8) is 0 Å². The molecule has 4 nitrogen and oxygen atoms in total. The first kappa shape index (κ1) is 16.3. The van der Waals surface area contributed by atoms with Crippen molar-refractivity contribution in [1.29, 1.82) is 0 Å². The van der Waals surface area contributed by atoms with Crippen LogP contribution in [0.2, 0.25) is 0 Å². The summed E-state index contributed by atoms with van der Waals surface area (Å²) in [6, 6.07) is -0.179. The Morgan fingerprint density at radius 3 is 2.38 bits per heavy atom. The number of hydrogen-bond acceptors (Lipinski definition) is 2. The highest BCUT2D eigenvalue weighted by molar-refractivity contribution is 5.81. The van der Waals surface area contributed by atoms with Crippen molar-refractivity contribution >= 4 is 11.9 Å². The maximum atomic E-state index is 12.2. The fourth-order valence-electron chi connectivity index (χ4n) is 4.13. The molecule has 0 radical (unpaired) electrons. The number of nitrogens with zero attached hydrogens (tertiary/aromatic N) is 1. The van der Waals surface area contributed by atoms with Crippen LogP contribution in [0.1, 0.15) is 59.3 Å². The van der Waals surface area contributed by atoms with Gasteiger partial charge in [0.2, 0.25) is 5.91 Å². The average molecular weight is 295 g/mol. The van der Waals surface area contributed by atoms with Crippen LogP contribution in [0.3, 0.4) is 0 Å². The van der Waals surface area contributed by atoms with Crippen molar-refractivity contribution in [2.75, 3.05) is 6.54 Å². The lowest BCUT2D eigenvalue weighted by Crippen LogP contribution is -2.53. The predicted molar refractivity (Wildman–Crippen MR) is 81.8 cm³/mol. The summed E-state index contributed by atoms with van der Waals surface area (Å²) in [4.78, 5) is 25.5. The molecule has 1 aliphatic heterocycles. The Balaban J connectivity index is 1.91. The summed E-state index contributed by atoms with van der Waals surface area (Å²) in [6.07, 6.45) is 6.52. The van der Waals surface area contributed by atoms with Crippen LogP contribution in [-0.4, -0.2) is 34.5 Å². The minimum absolute atomic E-state index is 0.0585. The van der Waals surface area contributed by atoms with E-state index >= 15 is 0 Å². The van der Waals surface area contributed by atoms with Gasteiger partial charge in [-0.05, 0) is 31.1 Å². The summed E-state index contributed by atoms with van der Waals surface area (Å²) in [5, 5.41) is 9.39. The number of carboxylic acid groups (broad SMARTS) is 1. The molecule has 3 atom stereocenters. The van der Waals surface area contributed by atoms with Crippen molar-refractivity contribution in [2.45, 2.75) is 65.3 Å². The quantitative estimate of drug-likeness (QED) is 0.866. The Bertz CT molecular complexity index is 387. The normalized spacial score (nSPS) is 37.6. The van der Waals surface area contributed by atoms with Crippen LogP contribution in [0, 0.1) is 23.7 Å². The fraction of sp³-hybridized carbons (Fsp3) is 0.882. The molecule has 0 spiro atoms. The Labute approximate surface area is 127 Å². The van der Waals surface area contributed by atoms with E-state index in [9.17, 15) is 14.7 Å². The first-order valence-corrected chi connectivity index (χ1v) is 8.42. The maximum absolute atomic E-state index is 12.2. The molecular weight excluding hydrogens is 266 g/mol. The lowest BCUT2D eigenvalue weighted by molar-refractivity contribution is -0.154. The van der Waals surface area contributed by atoms with Gasteiger partial charge < -0.3 is 10.0 Å². The molecule has 120 valence electrons. The third-order valence-electron chi connectivity index (χ3n) is 5.64. The Morgan fingerprint density at radius 2 is 1.81 bits per heavy atom. The molecule has 1 saturated heterocycles. The molecular formula is C17H29NO3. The zero-order valence-corrected chi connectivity index (χ0v) is 13.5. The molecule has 2 fully saturated rings. The molecule has 0 bridgehead atoms. The number of amides is 1. The highest BCUT2D eigenvalue weighted by Crippen LogP contribution is 2.33. The Morgan fingerprint density at radius 1 is 1.19 bits per heavy atom. The van der Waals surface area contributed by atoms with Crippen LogP contribution in [0.4, 0.5) is 0 Å². The highest BCUT2D eigenvalue weighted by Gasteiger charge is 2.41. The number of rotatable bonds is 4. The van der Waals surface area contributed by atoms with Crippen LogP contribution < -0.4 is 0 Å². The number of aliphatic carboxylic acids is 1. The monoisotopic (exact) mass is 295 g/mol. The standard InChI is InChI=1S/C17H29NO3/c1-11-4-6-14(7-5-11)8-9-18-13(3)16(17(20)21)12(2)10-15(18)19/h11-14,16H,4-10H2,1-3H3,(H,20,21). The minimum atomic E-state index is -0.765. The summed E-state index contributed by atoms with van der Waals surface area (Å²) in [7, 11) is 0. The highest BCUT2D eigenvalue weighted by atomic mass is 16.4. The van der Waals surface area contributed by atoms with E-state index in [-0.39, 0.29) is 17.9 Å². The number of carboxylic acids is 1. The topological polar surface area (TPSA) is 57.6 Å². The molecule has 2 rings (SSSR count). The number of carbonyl (C=O) groups is 2. The van der Waals surface area contributed by atoms with Gasteiger partial charge in [-0.25, -0.2) is 0 Å². The summed E-state index contributed by atoms with van der Waals surface area (Å²) in [5.74, 6) is 0.444. The summed E-state index contributed by atoms with van der Waals surface area (Å²) in [5.41, 5.74) is 0. The van der Waals surface area contributed by atoms with Gasteiger partial charge in [-0.3, -0.25) is 9.59 Å². The van der Waals surface area contributed by atoms with E-state index in [1.807, 2.05) is 18.7 Å². The van der Waals surface area contributed by atoms with Crippen LogP contribution >= 0.6 is 0 Å². The van der Waals surface area contributed by atoms with E-state index in [2.05, 4.69) is 6.92 Å². The third-order valence-corrected chi connectivity index (χ3v) is 5.64. The lowest BCUT2D eigenvalue weighted by Gasteiger charge is -2.41. The van der Waals surface area contributed by atoms with Gasteiger partial charge in [-0.15, -0.1) is 0 Å². The van der Waals surface area contributed by atoms with Crippen LogP contribution in [-0.2, 0) is 9.59 Å². The van der Waals surface area contributed by atoms with Gasteiger partial charge in [0.1, 0.15) is 0 Å². The number of likely N-dealkylation sites (tertiary alicyclic amines) is 1. The minimum Gasteiger partial charge on any atom is -0.481 e. The van der Waals surface area contributed by atoms with E-state index in [1.165, 1.54) is 25.7 Å². The van der Waals surface area contributed by atoms with Gasteiger partial charge in [0.05, 0.1) is 5.92 Å². The van der Waals surface area contributed by atoms with Crippen molar-refractivity contribution in [3.05, 3.63) is 0 Å². The Kier molecular flexibility index (Phi) is 5.28. The molecule has 4 heteroatoms. The van der Waals surface area contributed by atoms with Crippen molar-refractivity contribution in [3.8, 4) is 0 Å². The largest absolute Gasteiger partial charge is 0.481 e. The second-order valence-electron chi connectivity index (χ2n) is 7.29. The van der Waals surface area contributed by atoms with Crippen molar-refractivity contribution in [1.82, 2.24) is 4.90 Å². The molecule has 1 saturated carbocycles. The second kappa shape index (κ2) is 6.80. The molecule has 0 aromatic heterocycles. The predicted octanol–water partition coefficient (Wildman–Crippen LogP) is 3.16. The average Bonchev–Trinajstić information content (AvgIpc) is 2.39. The van der Waals surface area contributed by atoms with E-state index in [4.69, 9.17) is 0 Å². The molecule has 3 unspecified atom stereocenters. The van der Waals surface area contributed by atoms with E-state index in [0.717, 1.165) is 18.9 Å². The smallest absolute Gasteiger partial charge is 0.308 e. The number of hydrogen-bond donors (Lipinski definition) is 1. The van der Waals surface area contributed by atoms with E-state index in [0.29, 0.717) is 12.3 Å². The molecule has 1 N–H and O–H groups in total. The molecule has 1 heterocycles. The molecule has 0 aromatic carbocycles. The first-order chi connectivity index (χ1) is 9.90. The maximum Gasteiger partial charge on any atom is 0.308 e. The van der Waals surface area contributed by atoms with Crippen molar-refractivity contribution < 1.29 is 14.7 Å². The molecule has 2 aliphatic rings. The second-order valence-corrected chi connectivity index (χ2v) is 7.29. The summed E-state index contributed by atoms with van der Waals surface area (Å²) < 4.78 is 0. The van der Waals surface area contributed by atoms with E-state index < -0.39 is 11.9 Å². The molecule has 1 aliphatic carbocycles. The van der Waals surface area contributed by atoms with Gasteiger partial charge in [-0.1, -0.05) is 39.5 Å². The van der Waals surface area contributed by atoms with E-state index in [1.54, 1.807) is 0 Å². The van der Waals surface area contributed by atoms with Gasteiger partial charge in [0, 0.05) is 19.0 Å². The zero-order chi connectivity index (χ0) is 15.6. The summed E-state index contributed by atoms with van der Waals surface area (Å²) >= 11 is 0. The number of piperidine rings is 1. The summed E-state index contributed by atoms with van der Waals surface area (Å²) in [6.45, 7) is 6.82. The molecule has 0 aromatic rings. The van der Waals surface area contributed by atoms with Gasteiger partial charge in [0.15, 0.2) is 0 Å². The van der Waals surface area contributed by atoms with Gasteiger partial charge in [0.25, 0.3) is 0 Å². The fourth-order valence-corrected chi connectivity index (χ4v) is 4.13. The van der Waals surface area contributed by atoms with Crippen molar-refractivity contribution in [2.24, 2.45) is 23.7 Å². The zero-order valence-electron chi connectivity index (χ0n) is 13.5. The first-order valence-electron chi connectivity index (χ1n) is 8.42. The molecule has 21 heavy (non-hydrogen) atoms. The van der Waals surface area contributed by atoms with Crippen LogP contribution in [0.5, 0.6) is 0 Å². The number of carbonyl (C=O) groups excluding carboxylic acids is 1. The third kappa shape index (κ3) is 3.78. The Hall–Kier alpha value is -1.06. The van der Waals surface area contributed by atoms with Gasteiger partial charge >= 0.3 is 5.97 Å². The van der Waals surface area contributed by atoms with Gasteiger partial charge in [-0.2, -0.15) is 0 Å². The SMILES string of the molecule is CC1CCC(CCN2C(=O)CC(C)C(C(=O)O)C2C)CC1. The molecule has 1 amide bonds. The lowest BCUT2D eigenvalue weighted by atomic mass is 9.79. The van der Waals surface area contributed by atoms with Crippen LogP contribution in [0.15, 0.2) is 0 Å². The van der Waals surface area contributed by atoms with Crippen LogP contribution in [0.25, 0.3) is 0 Å².